The van der Waals surface area contributed by atoms with Crippen LogP contribution >= 0.6 is 0 Å². The lowest BCUT2D eigenvalue weighted by Gasteiger charge is -2.12. The summed E-state index contributed by atoms with van der Waals surface area (Å²) in [5.41, 5.74) is 2.97. The highest BCUT2D eigenvalue weighted by Crippen LogP contribution is 2.30. The summed E-state index contributed by atoms with van der Waals surface area (Å²) in [6, 6.07) is 15.6. The van der Waals surface area contributed by atoms with Gasteiger partial charge in [-0.15, -0.1) is 0 Å². The fraction of sp³-hybridized carbons (Fsp3) is 0.200. The lowest BCUT2D eigenvalue weighted by Crippen LogP contribution is -2.20. The molecular weight excluding hydrogens is 452 g/mol. The van der Waals surface area contributed by atoms with Crippen molar-refractivity contribution in [2.45, 2.75) is 26.1 Å². The van der Waals surface area contributed by atoms with Gasteiger partial charge in [-0.05, 0) is 60.0 Å². The molecule has 0 heterocycles. The third-order valence-electron chi connectivity index (χ3n) is 4.57. The van der Waals surface area contributed by atoms with Crippen LogP contribution in [0.25, 0.3) is 0 Å². The van der Waals surface area contributed by atoms with Gasteiger partial charge in [-0.2, -0.15) is 18.3 Å². The Labute approximate surface area is 194 Å². The predicted molar refractivity (Wildman–Crippen MR) is 119 cm³/mol. The van der Waals surface area contributed by atoms with Crippen LogP contribution in [0.1, 0.15) is 29.2 Å². The van der Waals surface area contributed by atoms with Crippen molar-refractivity contribution in [1.29, 1.82) is 0 Å². The molecule has 0 unspecified atom stereocenters. The standard InChI is InChI=1S/C25H22F4N2O3/c1-2-33-23-13-18(9-10-22(23)34-16-19-6-4-8-21(26)12-19)15-30-31-24(32)14-17-5-3-7-20(11-17)25(27,28)29/h3-13,15H,2,14,16H2,1H3,(H,31,32)/b30-15+. The van der Waals surface area contributed by atoms with Crippen molar-refractivity contribution in [2.75, 3.05) is 6.61 Å². The van der Waals surface area contributed by atoms with E-state index in [1.54, 1.807) is 30.3 Å². The maximum atomic E-state index is 13.3. The maximum Gasteiger partial charge on any atom is 0.416 e. The van der Waals surface area contributed by atoms with Crippen molar-refractivity contribution in [3.63, 3.8) is 0 Å². The molecule has 1 amide bonds. The van der Waals surface area contributed by atoms with Gasteiger partial charge in [0.25, 0.3) is 0 Å². The van der Waals surface area contributed by atoms with Gasteiger partial charge in [0.15, 0.2) is 11.5 Å². The van der Waals surface area contributed by atoms with Crippen LogP contribution in [0.2, 0.25) is 0 Å². The Morgan fingerprint density at radius 2 is 1.74 bits per heavy atom. The summed E-state index contributed by atoms with van der Waals surface area (Å²) in [4.78, 5) is 12.1. The molecule has 3 aromatic carbocycles. The highest BCUT2D eigenvalue weighted by atomic mass is 19.4. The van der Waals surface area contributed by atoms with E-state index in [4.69, 9.17) is 9.47 Å². The van der Waals surface area contributed by atoms with E-state index in [1.165, 1.54) is 30.5 Å². The average molecular weight is 474 g/mol. The summed E-state index contributed by atoms with van der Waals surface area (Å²) < 4.78 is 63.1. The van der Waals surface area contributed by atoms with Crippen LogP contribution in [-0.2, 0) is 24.0 Å². The summed E-state index contributed by atoms with van der Waals surface area (Å²) in [5.74, 6) is -0.0153. The SMILES string of the molecule is CCOc1cc(/C=N/NC(=O)Cc2cccc(C(F)(F)F)c2)ccc1OCc1cccc(F)c1. The minimum atomic E-state index is -4.48. The van der Waals surface area contributed by atoms with E-state index in [0.717, 1.165) is 12.1 Å². The monoisotopic (exact) mass is 474 g/mol. The number of nitrogens with zero attached hydrogens (tertiary/aromatic N) is 1. The largest absolute Gasteiger partial charge is 0.490 e. The molecule has 0 aliphatic rings. The fourth-order valence-corrected chi connectivity index (χ4v) is 3.04. The zero-order chi connectivity index (χ0) is 24.6. The molecule has 0 aliphatic carbocycles. The van der Waals surface area contributed by atoms with E-state index < -0.39 is 17.6 Å². The van der Waals surface area contributed by atoms with Crippen molar-refractivity contribution in [3.05, 3.63) is 94.8 Å². The number of rotatable bonds is 9. The van der Waals surface area contributed by atoms with E-state index in [9.17, 15) is 22.4 Å². The zero-order valence-electron chi connectivity index (χ0n) is 18.2. The molecular formula is C25H22F4N2O3. The number of amides is 1. The lowest BCUT2D eigenvalue weighted by molar-refractivity contribution is -0.137. The molecule has 0 radical (unpaired) electrons. The minimum Gasteiger partial charge on any atom is -0.490 e. The highest BCUT2D eigenvalue weighted by molar-refractivity contribution is 5.84. The van der Waals surface area contributed by atoms with Gasteiger partial charge < -0.3 is 9.47 Å². The molecule has 0 fully saturated rings. The Morgan fingerprint density at radius 3 is 2.47 bits per heavy atom. The van der Waals surface area contributed by atoms with Crippen LogP contribution in [0.3, 0.4) is 0 Å². The second-order valence-electron chi connectivity index (χ2n) is 7.23. The number of alkyl halides is 3. The van der Waals surface area contributed by atoms with E-state index in [-0.39, 0.29) is 24.4 Å². The van der Waals surface area contributed by atoms with Gasteiger partial charge in [-0.3, -0.25) is 4.79 Å². The Balaban J connectivity index is 1.60. The van der Waals surface area contributed by atoms with Gasteiger partial charge in [0.05, 0.1) is 24.8 Å². The Bertz CT molecular complexity index is 1160. The predicted octanol–water partition coefficient (Wildman–Crippen LogP) is 5.52. The summed E-state index contributed by atoms with van der Waals surface area (Å²) >= 11 is 0. The van der Waals surface area contributed by atoms with Crippen LogP contribution in [-0.4, -0.2) is 18.7 Å². The van der Waals surface area contributed by atoms with Crippen molar-refractivity contribution < 1.29 is 31.8 Å². The molecule has 5 nitrogen and oxygen atoms in total. The number of carbonyl (C=O) groups excluding carboxylic acids is 1. The number of hydrogen-bond acceptors (Lipinski definition) is 4. The molecule has 9 heteroatoms. The first kappa shape index (κ1) is 24.8. The maximum absolute atomic E-state index is 13.3. The van der Waals surface area contributed by atoms with Gasteiger partial charge >= 0.3 is 6.18 Å². The first-order chi connectivity index (χ1) is 16.2. The smallest absolute Gasteiger partial charge is 0.416 e. The molecule has 0 aromatic heterocycles. The highest BCUT2D eigenvalue weighted by Gasteiger charge is 2.30. The zero-order valence-corrected chi connectivity index (χ0v) is 18.2. The minimum absolute atomic E-state index is 0.150. The number of halogens is 4. The Hall–Kier alpha value is -3.88. The van der Waals surface area contributed by atoms with E-state index in [2.05, 4.69) is 10.5 Å². The van der Waals surface area contributed by atoms with Crippen LogP contribution in [0, 0.1) is 5.82 Å². The number of benzene rings is 3. The summed E-state index contributed by atoms with van der Waals surface area (Å²) in [7, 11) is 0. The molecule has 3 rings (SSSR count). The number of hydrazone groups is 1. The first-order valence-electron chi connectivity index (χ1n) is 10.4. The van der Waals surface area contributed by atoms with Crippen LogP contribution in [0.4, 0.5) is 17.6 Å². The van der Waals surface area contributed by atoms with Gasteiger partial charge in [0.2, 0.25) is 5.91 Å². The van der Waals surface area contributed by atoms with Crippen molar-refractivity contribution in [1.82, 2.24) is 5.43 Å². The molecule has 178 valence electrons. The molecule has 0 saturated heterocycles. The molecule has 0 atom stereocenters. The normalized spacial score (nSPS) is 11.4. The summed E-state index contributed by atoms with van der Waals surface area (Å²) in [6.07, 6.45) is -3.35. The van der Waals surface area contributed by atoms with Crippen LogP contribution in [0.5, 0.6) is 11.5 Å². The first-order valence-corrected chi connectivity index (χ1v) is 10.4. The van der Waals surface area contributed by atoms with Crippen molar-refractivity contribution in [3.8, 4) is 11.5 Å². The molecule has 3 aromatic rings. The van der Waals surface area contributed by atoms with Crippen molar-refractivity contribution in [2.24, 2.45) is 5.10 Å². The average Bonchev–Trinajstić information content (AvgIpc) is 2.78. The van der Waals surface area contributed by atoms with Crippen LogP contribution in [0.15, 0.2) is 71.8 Å². The van der Waals surface area contributed by atoms with Crippen molar-refractivity contribution >= 4 is 12.1 Å². The summed E-state index contributed by atoms with van der Waals surface area (Å²) in [5, 5.41) is 3.86. The topological polar surface area (TPSA) is 59.9 Å². The fourth-order valence-electron chi connectivity index (χ4n) is 3.04. The second-order valence-corrected chi connectivity index (χ2v) is 7.23. The molecule has 1 N–H and O–H groups in total. The molecule has 0 bridgehead atoms. The van der Waals surface area contributed by atoms with Crippen LogP contribution < -0.4 is 14.9 Å². The quantitative estimate of drug-likeness (QED) is 0.253. The van der Waals surface area contributed by atoms with Gasteiger partial charge in [0.1, 0.15) is 12.4 Å². The Morgan fingerprint density at radius 1 is 0.971 bits per heavy atom. The number of hydrogen-bond donors (Lipinski definition) is 1. The summed E-state index contributed by atoms with van der Waals surface area (Å²) in [6.45, 7) is 2.34. The third kappa shape index (κ3) is 7.33. The van der Waals surface area contributed by atoms with Gasteiger partial charge in [-0.1, -0.05) is 30.3 Å². The number of carbonyl (C=O) groups is 1. The third-order valence-corrected chi connectivity index (χ3v) is 4.57. The molecule has 34 heavy (non-hydrogen) atoms. The van der Waals surface area contributed by atoms with E-state index in [0.29, 0.717) is 29.2 Å². The van der Waals surface area contributed by atoms with E-state index in [1.807, 2.05) is 6.92 Å². The van der Waals surface area contributed by atoms with E-state index >= 15 is 0 Å². The van der Waals surface area contributed by atoms with Gasteiger partial charge in [-0.25, -0.2) is 9.82 Å². The molecule has 0 saturated carbocycles. The number of nitrogens with one attached hydrogen (secondary N) is 1. The lowest BCUT2D eigenvalue weighted by atomic mass is 10.1. The number of ether oxygens (including phenoxy) is 2. The molecule has 0 aliphatic heterocycles. The van der Waals surface area contributed by atoms with Gasteiger partial charge in [0, 0.05) is 0 Å². The Kier molecular flexibility index (Phi) is 8.24. The molecule has 0 spiro atoms. The second kappa shape index (κ2) is 11.3.